The third kappa shape index (κ3) is 3.62. The van der Waals surface area contributed by atoms with Gasteiger partial charge in [0.2, 0.25) is 5.91 Å². The zero-order valence-electron chi connectivity index (χ0n) is 13.2. The monoisotopic (exact) mass is 343 g/mol. The Kier molecular flexibility index (Phi) is 4.90. The Hall–Kier alpha value is -2.67. The van der Waals surface area contributed by atoms with Gasteiger partial charge in [-0.3, -0.25) is 14.2 Å². The van der Waals surface area contributed by atoms with Crippen molar-refractivity contribution >= 4 is 27.5 Å². The van der Waals surface area contributed by atoms with Crippen molar-refractivity contribution in [3.63, 3.8) is 0 Å². The van der Waals surface area contributed by atoms with Gasteiger partial charge in [-0.2, -0.15) is 0 Å². The molecule has 7 heteroatoms. The number of amides is 1. The number of methoxy groups -OCH3 is 1. The summed E-state index contributed by atoms with van der Waals surface area (Å²) in [5, 5.41) is 4.64. The van der Waals surface area contributed by atoms with Gasteiger partial charge in [0.1, 0.15) is 17.0 Å². The zero-order chi connectivity index (χ0) is 16.9. The lowest BCUT2D eigenvalue weighted by molar-refractivity contribution is -0.121. The summed E-state index contributed by atoms with van der Waals surface area (Å²) in [4.78, 5) is 28.4. The van der Waals surface area contributed by atoms with E-state index < -0.39 is 0 Å². The minimum atomic E-state index is -0.205. The predicted molar refractivity (Wildman–Crippen MR) is 93.6 cm³/mol. The molecule has 0 unspecified atom stereocenters. The molecule has 0 aliphatic carbocycles. The number of carbonyl (C=O) groups is 1. The molecular formula is C17H17N3O3S. The van der Waals surface area contributed by atoms with E-state index in [9.17, 15) is 9.59 Å². The fourth-order valence-corrected chi connectivity index (χ4v) is 3.13. The Morgan fingerprint density at radius 3 is 2.83 bits per heavy atom. The van der Waals surface area contributed by atoms with Gasteiger partial charge in [0.25, 0.3) is 5.56 Å². The van der Waals surface area contributed by atoms with Gasteiger partial charge in [0, 0.05) is 6.54 Å². The first-order chi connectivity index (χ1) is 11.7. The lowest BCUT2D eigenvalue weighted by Gasteiger charge is -2.08. The number of hydrogen-bond donors (Lipinski definition) is 1. The molecule has 0 aliphatic rings. The number of nitrogens with zero attached hydrogens (tertiary/aromatic N) is 2. The van der Waals surface area contributed by atoms with E-state index >= 15 is 0 Å². The Morgan fingerprint density at radius 2 is 2.08 bits per heavy atom. The van der Waals surface area contributed by atoms with Crippen molar-refractivity contribution in [1.82, 2.24) is 14.9 Å². The van der Waals surface area contributed by atoms with Gasteiger partial charge in [-0.1, -0.05) is 12.1 Å². The number of benzene rings is 1. The number of thiophene rings is 1. The number of carbonyl (C=O) groups excluding carboxylic acids is 1. The highest BCUT2D eigenvalue weighted by Crippen LogP contribution is 2.13. The molecule has 0 saturated carbocycles. The molecule has 0 aliphatic heterocycles. The summed E-state index contributed by atoms with van der Waals surface area (Å²) in [7, 11) is 1.62. The fraction of sp³-hybridized carbons (Fsp3) is 0.235. The van der Waals surface area contributed by atoms with Gasteiger partial charge < -0.3 is 10.1 Å². The number of fused-ring (bicyclic) bond motifs is 1. The number of nitrogens with one attached hydrogen (secondary N) is 1. The molecule has 0 saturated heterocycles. The van der Waals surface area contributed by atoms with E-state index in [0.29, 0.717) is 23.2 Å². The SMILES string of the molecule is COc1ccc(CCNC(=O)Cn2cnc3ccsc3c2=O)cc1. The van der Waals surface area contributed by atoms with Crippen molar-refractivity contribution in [1.29, 1.82) is 0 Å². The van der Waals surface area contributed by atoms with Crippen LogP contribution in [0, 0.1) is 0 Å². The molecule has 124 valence electrons. The third-order valence-corrected chi connectivity index (χ3v) is 4.54. The summed E-state index contributed by atoms with van der Waals surface area (Å²) >= 11 is 1.34. The van der Waals surface area contributed by atoms with E-state index in [2.05, 4.69) is 10.3 Å². The highest BCUT2D eigenvalue weighted by atomic mass is 32.1. The van der Waals surface area contributed by atoms with Gasteiger partial charge in [-0.15, -0.1) is 11.3 Å². The van der Waals surface area contributed by atoms with Crippen LogP contribution >= 0.6 is 11.3 Å². The molecule has 0 radical (unpaired) electrons. The van der Waals surface area contributed by atoms with E-state index in [4.69, 9.17) is 4.74 Å². The second-order valence-electron chi connectivity index (χ2n) is 5.26. The topological polar surface area (TPSA) is 73.2 Å². The number of ether oxygens (including phenoxy) is 1. The van der Waals surface area contributed by atoms with Gasteiger partial charge in [0.05, 0.1) is 19.0 Å². The summed E-state index contributed by atoms with van der Waals surface area (Å²) in [6.45, 7) is 0.483. The number of rotatable bonds is 6. The first-order valence-corrected chi connectivity index (χ1v) is 8.37. The smallest absolute Gasteiger partial charge is 0.271 e. The molecule has 3 rings (SSSR count). The maximum Gasteiger partial charge on any atom is 0.271 e. The highest BCUT2D eigenvalue weighted by molar-refractivity contribution is 7.17. The molecule has 1 aromatic carbocycles. The molecule has 1 amide bonds. The van der Waals surface area contributed by atoms with Crippen molar-refractivity contribution in [3.8, 4) is 5.75 Å². The van der Waals surface area contributed by atoms with Crippen LogP contribution in [0.2, 0.25) is 0 Å². The third-order valence-electron chi connectivity index (χ3n) is 3.64. The summed E-state index contributed by atoms with van der Waals surface area (Å²) in [6, 6.07) is 9.49. The van der Waals surface area contributed by atoms with Gasteiger partial charge in [-0.25, -0.2) is 4.98 Å². The molecule has 0 atom stereocenters. The van der Waals surface area contributed by atoms with Crippen LogP contribution in [0.5, 0.6) is 5.75 Å². The molecule has 3 aromatic rings. The normalized spacial score (nSPS) is 10.7. The second-order valence-corrected chi connectivity index (χ2v) is 6.18. The number of aromatic nitrogens is 2. The molecule has 0 fully saturated rings. The van der Waals surface area contributed by atoms with Crippen LogP contribution in [-0.2, 0) is 17.8 Å². The lowest BCUT2D eigenvalue weighted by Crippen LogP contribution is -2.33. The minimum Gasteiger partial charge on any atom is -0.497 e. The highest BCUT2D eigenvalue weighted by Gasteiger charge is 2.08. The minimum absolute atomic E-state index is 0.0255. The average molecular weight is 343 g/mol. The Labute approximate surface area is 142 Å². The van der Waals surface area contributed by atoms with Crippen molar-refractivity contribution in [2.24, 2.45) is 0 Å². The van der Waals surface area contributed by atoms with E-state index in [1.807, 2.05) is 29.6 Å². The zero-order valence-corrected chi connectivity index (χ0v) is 14.0. The van der Waals surface area contributed by atoms with Crippen LogP contribution in [0.25, 0.3) is 10.2 Å². The molecule has 2 aromatic heterocycles. The maximum atomic E-state index is 12.2. The molecule has 6 nitrogen and oxygen atoms in total. The predicted octanol–water partition coefficient (Wildman–Crippen LogP) is 1.83. The Balaban J connectivity index is 1.54. The Bertz CT molecular complexity index is 899. The molecular weight excluding hydrogens is 326 g/mol. The average Bonchev–Trinajstić information content (AvgIpc) is 3.07. The van der Waals surface area contributed by atoms with E-state index in [0.717, 1.165) is 11.3 Å². The van der Waals surface area contributed by atoms with Crippen molar-refractivity contribution in [2.45, 2.75) is 13.0 Å². The molecule has 0 spiro atoms. The van der Waals surface area contributed by atoms with Gasteiger partial charge in [-0.05, 0) is 35.6 Å². The summed E-state index contributed by atoms with van der Waals surface area (Å²) in [5.74, 6) is 0.599. The first kappa shape index (κ1) is 16.2. The number of hydrogen-bond acceptors (Lipinski definition) is 5. The van der Waals surface area contributed by atoms with Crippen LogP contribution in [0.1, 0.15) is 5.56 Å². The van der Waals surface area contributed by atoms with Crippen molar-refractivity contribution in [3.05, 3.63) is 58.0 Å². The maximum absolute atomic E-state index is 12.2. The molecule has 24 heavy (non-hydrogen) atoms. The van der Waals surface area contributed by atoms with Crippen LogP contribution < -0.4 is 15.6 Å². The fourth-order valence-electron chi connectivity index (χ4n) is 2.34. The second kappa shape index (κ2) is 7.27. The van der Waals surface area contributed by atoms with Crippen LogP contribution in [0.3, 0.4) is 0 Å². The Morgan fingerprint density at radius 1 is 1.29 bits per heavy atom. The van der Waals surface area contributed by atoms with Crippen LogP contribution in [0.4, 0.5) is 0 Å². The lowest BCUT2D eigenvalue weighted by atomic mass is 10.1. The molecule has 1 N–H and O–H groups in total. The first-order valence-electron chi connectivity index (χ1n) is 7.49. The quantitative estimate of drug-likeness (QED) is 0.741. The summed E-state index contributed by atoms with van der Waals surface area (Å²) < 4.78 is 7.01. The van der Waals surface area contributed by atoms with Gasteiger partial charge >= 0.3 is 0 Å². The summed E-state index contributed by atoms with van der Waals surface area (Å²) in [5.41, 5.74) is 1.59. The molecule has 2 heterocycles. The van der Waals surface area contributed by atoms with E-state index in [-0.39, 0.29) is 18.0 Å². The largest absolute Gasteiger partial charge is 0.497 e. The van der Waals surface area contributed by atoms with E-state index in [1.54, 1.807) is 13.2 Å². The molecule has 0 bridgehead atoms. The van der Waals surface area contributed by atoms with Gasteiger partial charge in [0.15, 0.2) is 0 Å². The van der Waals surface area contributed by atoms with E-state index in [1.165, 1.54) is 22.2 Å². The summed E-state index contributed by atoms with van der Waals surface area (Å²) in [6.07, 6.45) is 2.13. The standard InChI is InChI=1S/C17H17N3O3S/c1-23-13-4-2-12(3-5-13)6-8-18-15(21)10-20-11-19-14-7-9-24-16(14)17(20)22/h2-5,7,9,11H,6,8,10H2,1H3,(H,18,21). The van der Waals surface area contributed by atoms with Crippen molar-refractivity contribution < 1.29 is 9.53 Å². The van der Waals surface area contributed by atoms with Crippen molar-refractivity contribution in [2.75, 3.05) is 13.7 Å². The van der Waals surface area contributed by atoms with Crippen LogP contribution in [0.15, 0.2) is 46.8 Å². The van der Waals surface area contributed by atoms with Crippen LogP contribution in [-0.4, -0.2) is 29.1 Å².